The topological polar surface area (TPSA) is 101 Å². The second-order valence-electron chi connectivity index (χ2n) is 4.39. The number of benzene rings is 1. The summed E-state index contributed by atoms with van der Waals surface area (Å²) in [5, 5.41) is 19.9. The van der Waals surface area contributed by atoms with Gasteiger partial charge < -0.3 is 10.0 Å². The minimum atomic E-state index is -1.11. The van der Waals surface area contributed by atoms with E-state index in [0.717, 1.165) is 4.90 Å². The highest BCUT2D eigenvalue weighted by atomic mass is 16.6. The molecule has 1 unspecified atom stereocenters. The number of likely N-dealkylation sites (N-methyl/N-ethyl adjacent to an activating group) is 1. The molecular weight excluding hydrogens is 264 g/mol. The molecule has 0 aromatic heterocycles. The number of aliphatic carboxylic acids is 1. The smallest absolute Gasteiger partial charge is 0.326 e. The fraction of sp³-hybridized carbons (Fsp3) is 0.385. The third-order valence-electron chi connectivity index (χ3n) is 3.19. The summed E-state index contributed by atoms with van der Waals surface area (Å²) >= 11 is 0. The molecular formula is C13H16N2O5. The van der Waals surface area contributed by atoms with Crippen molar-refractivity contribution >= 4 is 17.6 Å². The molecule has 7 heteroatoms. The maximum Gasteiger partial charge on any atom is 0.326 e. The van der Waals surface area contributed by atoms with Gasteiger partial charge in [-0.25, -0.2) is 4.79 Å². The maximum absolute atomic E-state index is 12.3. The number of hydrogen-bond acceptors (Lipinski definition) is 4. The Balaban J connectivity index is 3.18. The van der Waals surface area contributed by atoms with Gasteiger partial charge in [0.25, 0.3) is 11.6 Å². The number of amides is 1. The van der Waals surface area contributed by atoms with Gasteiger partial charge in [-0.15, -0.1) is 0 Å². The van der Waals surface area contributed by atoms with Crippen molar-refractivity contribution in [2.45, 2.75) is 26.3 Å². The molecule has 0 bridgehead atoms. The molecule has 0 fully saturated rings. The highest BCUT2D eigenvalue weighted by molar-refractivity contribution is 5.98. The molecule has 1 aromatic carbocycles. The second kappa shape index (κ2) is 6.14. The predicted molar refractivity (Wildman–Crippen MR) is 71.6 cm³/mol. The quantitative estimate of drug-likeness (QED) is 0.655. The molecule has 0 aliphatic carbocycles. The van der Waals surface area contributed by atoms with Crippen LogP contribution in [0.15, 0.2) is 18.2 Å². The molecule has 0 heterocycles. The molecule has 0 radical (unpaired) electrons. The maximum atomic E-state index is 12.3. The van der Waals surface area contributed by atoms with Crippen LogP contribution in [0, 0.1) is 17.0 Å². The average molecular weight is 280 g/mol. The number of carbonyl (C=O) groups excluding carboxylic acids is 1. The monoisotopic (exact) mass is 280 g/mol. The number of carbonyl (C=O) groups is 2. The molecule has 1 rings (SSSR count). The van der Waals surface area contributed by atoms with Crippen LogP contribution < -0.4 is 0 Å². The van der Waals surface area contributed by atoms with E-state index < -0.39 is 22.8 Å². The lowest BCUT2D eigenvalue weighted by atomic mass is 10.0. The summed E-state index contributed by atoms with van der Waals surface area (Å²) < 4.78 is 0. The van der Waals surface area contributed by atoms with Crippen LogP contribution in [0.25, 0.3) is 0 Å². The van der Waals surface area contributed by atoms with E-state index in [1.54, 1.807) is 6.92 Å². The van der Waals surface area contributed by atoms with Gasteiger partial charge in [0.15, 0.2) is 0 Å². The van der Waals surface area contributed by atoms with Crippen LogP contribution in [-0.4, -0.2) is 39.9 Å². The van der Waals surface area contributed by atoms with Gasteiger partial charge in [-0.1, -0.05) is 13.0 Å². The number of nitrogens with zero attached hydrogens (tertiary/aromatic N) is 2. The third kappa shape index (κ3) is 2.93. The molecule has 1 atom stereocenters. The van der Waals surface area contributed by atoms with E-state index in [1.807, 2.05) is 0 Å². The van der Waals surface area contributed by atoms with Gasteiger partial charge in [0.1, 0.15) is 6.04 Å². The summed E-state index contributed by atoms with van der Waals surface area (Å²) in [6.07, 6.45) is 0.256. The highest BCUT2D eigenvalue weighted by Gasteiger charge is 2.28. The Labute approximate surface area is 116 Å². The predicted octanol–water partition coefficient (Wildman–Crippen LogP) is 1.84. The Bertz CT molecular complexity index is 556. The Morgan fingerprint density at radius 3 is 2.50 bits per heavy atom. The van der Waals surface area contributed by atoms with Crippen molar-refractivity contribution in [3.8, 4) is 0 Å². The zero-order valence-corrected chi connectivity index (χ0v) is 11.5. The summed E-state index contributed by atoms with van der Waals surface area (Å²) in [6.45, 7) is 3.13. The summed E-state index contributed by atoms with van der Waals surface area (Å²) in [7, 11) is 1.38. The first-order valence-corrected chi connectivity index (χ1v) is 6.05. The number of rotatable bonds is 5. The third-order valence-corrected chi connectivity index (χ3v) is 3.19. The van der Waals surface area contributed by atoms with Crippen molar-refractivity contribution < 1.29 is 19.6 Å². The second-order valence-corrected chi connectivity index (χ2v) is 4.39. The molecule has 1 N–H and O–H groups in total. The molecule has 1 aromatic rings. The van der Waals surface area contributed by atoms with E-state index in [0.29, 0.717) is 0 Å². The molecule has 0 aliphatic rings. The Kier molecular flexibility index (Phi) is 4.79. The van der Waals surface area contributed by atoms with Crippen molar-refractivity contribution in [1.82, 2.24) is 4.90 Å². The van der Waals surface area contributed by atoms with Gasteiger partial charge in [-0.2, -0.15) is 0 Å². The zero-order chi connectivity index (χ0) is 15.4. The lowest BCUT2D eigenvalue weighted by Crippen LogP contribution is -2.42. The van der Waals surface area contributed by atoms with E-state index in [4.69, 9.17) is 5.11 Å². The van der Waals surface area contributed by atoms with Crippen LogP contribution in [0.3, 0.4) is 0 Å². The fourth-order valence-electron chi connectivity index (χ4n) is 2.00. The van der Waals surface area contributed by atoms with Crippen molar-refractivity contribution in [2.75, 3.05) is 7.05 Å². The standard InChI is InChI=1S/C13H16N2O5/c1-4-10(13(17)18)14(3)12(16)9-6-5-7-11(8(9)2)15(19)20/h5-7,10H,4H2,1-3H3,(H,17,18). The number of hydrogen-bond donors (Lipinski definition) is 1. The lowest BCUT2D eigenvalue weighted by Gasteiger charge is -2.24. The van der Waals surface area contributed by atoms with E-state index in [-0.39, 0.29) is 23.2 Å². The largest absolute Gasteiger partial charge is 0.480 e. The van der Waals surface area contributed by atoms with Crippen molar-refractivity contribution in [3.63, 3.8) is 0 Å². The number of nitro groups is 1. The minimum Gasteiger partial charge on any atom is -0.480 e. The molecule has 0 saturated heterocycles. The molecule has 20 heavy (non-hydrogen) atoms. The van der Waals surface area contributed by atoms with Crippen molar-refractivity contribution in [1.29, 1.82) is 0 Å². The molecule has 7 nitrogen and oxygen atoms in total. The van der Waals surface area contributed by atoms with Gasteiger partial charge in [0.2, 0.25) is 0 Å². The SMILES string of the molecule is CCC(C(=O)O)N(C)C(=O)c1cccc([N+](=O)[O-])c1C. The summed E-state index contributed by atoms with van der Waals surface area (Å²) in [5.74, 6) is -1.65. The van der Waals surface area contributed by atoms with Crippen LogP contribution in [0.1, 0.15) is 29.3 Å². The summed E-state index contributed by atoms with van der Waals surface area (Å²) in [6, 6.07) is 3.21. The van der Waals surface area contributed by atoms with Crippen LogP contribution in [-0.2, 0) is 4.79 Å². The average Bonchev–Trinajstić information content (AvgIpc) is 2.38. The van der Waals surface area contributed by atoms with E-state index >= 15 is 0 Å². The van der Waals surface area contributed by atoms with Crippen LogP contribution in [0.5, 0.6) is 0 Å². The van der Waals surface area contributed by atoms with Gasteiger partial charge in [0.05, 0.1) is 4.92 Å². The van der Waals surface area contributed by atoms with Gasteiger partial charge in [-0.05, 0) is 19.4 Å². The van der Waals surface area contributed by atoms with Crippen molar-refractivity contribution in [2.24, 2.45) is 0 Å². The first-order valence-electron chi connectivity index (χ1n) is 6.05. The molecule has 0 aliphatic heterocycles. The Morgan fingerprint density at radius 2 is 2.05 bits per heavy atom. The van der Waals surface area contributed by atoms with Gasteiger partial charge in [-0.3, -0.25) is 14.9 Å². The molecule has 108 valence electrons. The fourth-order valence-corrected chi connectivity index (χ4v) is 2.00. The van der Waals surface area contributed by atoms with Crippen LogP contribution >= 0.6 is 0 Å². The Morgan fingerprint density at radius 1 is 1.45 bits per heavy atom. The number of nitro benzene ring substituents is 1. The molecule has 0 saturated carbocycles. The van der Waals surface area contributed by atoms with Crippen molar-refractivity contribution in [3.05, 3.63) is 39.4 Å². The first-order chi connectivity index (χ1) is 9.31. The van der Waals surface area contributed by atoms with Gasteiger partial charge >= 0.3 is 5.97 Å². The Hall–Kier alpha value is -2.44. The summed E-state index contributed by atoms with van der Waals surface area (Å²) in [4.78, 5) is 34.7. The van der Waals surface area contributed by atoms with E-state index in [9.17, 15) is 19.7 Å². The van der Waals surface area contributed by atoms with E-state index in [1.165, 1.54) is 32.2 Å². The highest BCUT2D eigenvalue weighted by Crippen LogP contribution is 2.22. The number of carboxylic acid groups (broad SMARTS) is 1. The molecule has 1 amide bonds. The van der Waals surface area contributed by atoms with Crippen LogP contribution in [0.2, 0.25) is 0 Å². The minimum absolute atomic E-state index is 0.140. The first kappa shape index (κ1) is 15.6. The zero-order valence-electron chi connectivity index (χ0n) is 11.5. The number of carboxylic acids is 1. The summed E-state index contributed by atoms with van der Waals surface area (Å²) in [5.41, 5.74) is 0.212. The normalized spacial score (nSPS) is 11.8. The van der Waals surface area contributed by atoms with Crippen LogP contribution in [0.4, 0.5) is 5.69 Å². The lowest BCUT2D eigenvalue weighted by molar-refractivity contribution is -0.385. The van der Waals surface area contributed by atoms with Gasteiger partial charge in [0, 0.05) is 24.2 Å². The molecule has 0 spiro atoms. The van der Waals surface area contributed by atoms with E-state index in [2.05, 4.69) is 0 Å².